The fourth-order valence-electron chi connectivity index (χ4n) is 3.04. The van der Waals surface area contributed by atoms with Crippen LogP contribution in [0, 0.1) is 6.92 Å². The second kappa shape index (κ2) is 10.3. The monoisotopic (exact) mass is 432 g/mol. The smallest absolute Gasteiger partial charge is 0.260 e. The first-order valence-electron chi connectivity index (χ1n) is 9.80. The predicted molar refractivity (Wildman–Crippen MR) is 115 cm³/mol. The summed E-state index contributed by atoms with van der Waals surface area (Å²) in [6, 6.07) is 10.1. The molecule has 0 aromatic heterocycles. The van der Waals surface area contributed by atoms with Gasteiger partial charge in [0.05, 0.1) is 19.8 Å². The van der Waals surface area contributed by atoms with Gasteiger partial charge in [-0.15, -0.1) is 0 Å². The highest BCUT2D eigenvalue weighted by atomic mass is 35.5. The van der Waals surface area contributed by atoms with E-state index in [0.717, 1.165) is 5.56 Å². The van der Waals surface area contributed by atoms with Crippen LogP contribution < -0.4 is 14.8 Å². The number of nitrogens with one attached hydrogen (secondary N) is 1. The fourth-order valence-corrected chi connectivity index (χ4v) is 3.27. The molecule has 2 aromatic carbocycles. The maximum Gasteiger partial charge on any atom is 0.260 e. The van der Waals surface area contributed by atoms with E-state index in [9.17, 15) is 9.59 Å². The Morgan fingerprint density at radius 3 is 2.57 bits per heavy atom. The Morgan fingerprint density at radius 1 is 1.10 bits per heavy atom. The number of morpholine rings is 1. The second-order valence-electron chi connectivity index (χ2n) is 6.79. The van der Waals surface area contributed by atoms with Crippen LogP contribution in [-0.2, 0) is 9.53 Å². The highest BCUT2D eigenvalue weighted by Gasteiger charge is 2.19. The van der Waals surface area contributed by atoms with Crippen LogP contribution in [0.25, 0.3) is 0 Å². The first kappa shape index (κ1) is 21.9. The minimum absolute atomic E-state index is 0.102. The Morgan fingerprint density at radius 2 is 1.87 bits per heavy atom. The summed E-state index contributed by atoms with van der Waals surface area (Å²) < 4.78 is 16.6. The van der Waals surface area contributed by atoms with Crippen LogP contribution >= 0.6 is 11.6 Å². The predicted octanol–water partition coefficient (Wildman–Crippen LogP) is 3.54. The Bertz CT molecular complexity index is 912. The number of anilines is 1. The third kappa shape index (κ3) is 5.64. The van der Waals surface area contributed by atoms with Crippen molar-refractivity contribution < 1.29 is 23.8 Å². The van der Waals surface area contributed by atoms with E-state index in [1.807, 2.05) is 13.8 Å². The molecule has 0 spiro atoms. The SMILES string of the molecule is CCOc1cc(C(=O)Nc2ccc(Cl)cc2C)ccc1OCC(=O)N1CCOCC1. The molecular weight excluding hydrogens is 408 g/mol. The van der Waals surface area contributed by atoms with Gasteiger partial charge in [0.15, 0.2) is 18.1 Å². The molecule has 0 radical (unpaired) electrons. The van der Waals surface area contributed by atoms with Crippen molar-refractivity contribution in [1.82, 2.24) is 4.90 Å². The van der Waals surface area contributed by atoms with Gasteiger partial charge in [0.1, 0.15) is 0 Å². The van der Waals surface area contributed by atoms with E-state index in [1.54, 1.807) is 41.3 Å². The van der Waals surface area contributed by atoms with Crippen molar-refractivity contribution in [3.63, 3.8) is 0 Å². The molecule has 0 aliphatic carbocycles. The number of hydrogen-bond donors (Lipinski definition) is 1. The molecule has 0 unspecified atom stereocenters. The van der Waals surface area contributed by atoms with E-state index in [0.29, 0.717) is 60.7 Å². The molecule has 2 aromatic rings. The van der Waals surface area contributed by atoms with Gasteiger partial charge in [0.25, 0.3) is 11.8 Å². The topological polar surface area (TPSA) is 77.1 Å². The molecule has 8 heteroatoms. The molecule has 1 heterocycles. The van der Waals surface area contributed by atoms with E-state index in [4.69, 9.17) is 25.8 Å². The first-order valence-corrected chi connectivity index (χ1v) is 10.2. The van der Waals surface area contributed by atoms with Crippen LogP contribution in [0.2, 0.25) is 5.02 Å². The van der Waals surface area contributed by atoms with Crippen molar-refractivity contribution in [1.29, 1.82) is 0 Å². The fraction of sp³-hybridized carbons (Fsp3) is 0.364. The molecule has 1 aliphatic heterocycles. The number of rotatable bonds is 7. The summed E-state index contributed by atoms with van der Waals surface area (Å²) >= 11 is 5.97. The Balaban J connectivity index is 1.69. The number of halogens is 1. The molecule has 1 saturated heterocycles. The summed E-state index contributed by atoms with van der Waals surface area (Å²) in [4.78, 5) is 26.7. The summed E-state index contributed by atoms with van der Waals surface area (Å²) in [7, 11) is 0. The number of aryl methyl sites for hydroxylation is 1. The number of carbonyl (C=O) groups is 2. The minimum atomic E-state index is -0.280. The minimum Gasteiger partial charge on any atom is -0.490 e. The second-order valence-corrected chi connectivity index (χ2v) is 7.23. The zero-order chi connectivity index (χ0) is 21.5. The van der Waals surface area contributed by atoms with Crippen molar-refractivity contribution in [2.75, 3.05) is 44.8 Å². The average Bonchev–Trinajstić information content (AvgIpc) is 2.75. The number of amides is 2. The lowest BCUT2D eigenvalue weighted by Gasteiger charge is -2.26. The van der Waals surface area contributed by atoms with Gasteiger partial charge in [-0.25, -0.2) is 0 Å². The molecule has 1 N–H and O–H groups in total. The molecule has 1 aliphatic rings. The largest absolute Gasteiger partial charge is 0.490 e. The Hall–Kier alpha value is -2.77. The van der Waals surface area contributed by atoms with Crippen LogP contribution in [-0.4, -0.2) is 56.2 Å². The zero-order valence-electron chi connectivity index (χ0n) is 17.1. The number of nitrogens with zero attached hydrogens (tertiary/aromatic N) is 1. The summed E-state index contributed by atoms with van der Waals surface area (Å²) in [5.74, 6) is 0.434. The molecule has 0 saturated carbocycles. The normalized spacial score (nSPS) is 13.6. The van der Waals surface area contributed by atoms with E-state index < -0.39 is 0 Å². The van der Waals surface area contributed by atoms with Gasteiger partial charge in [0.2, 0.25) is 0 Å². The van der Waals surface area contributed by atoms with Gasteiger partial charge >= 0.3 is 0 Å². The van der Waals surface area contributed by atoms with Gasteiger partial charge < -0.3 is 24.4 Å². The van der Waals surface area contributed by atoms with Crippen molar-refractivity contribution in [2.45, 2.75) is 13.8 Å². The molecule has 1 fully saturated rings. The molecule has 160 valence electrons. The third-order valence-electron chi connectivity index (χ3n) is 4.66. The molecule has 30 heavy (non-hydrogen) atoms. The summed E-state index contributed by atoms with van der Waals surface area (Å²) in [5, 5.41) is 3.48. The van der Waals surface area contributed by atoms with Crippen molar-refractivity contribution in [3.8, 4) is 11.5 Å². The van der Waals surface area contributed by atoms with Gasteiger partial charge in [-0.2, -0.15) is 0 Å². The highest BCUT2D eigenvalue weighted by molar-refractivity contribution is 6.30. The quantitative estimate of drug-likeness (QED) is 0.724. The van der Waals surface area contributed by atoms with Crippen LogP contribution in [0.15, 0.2) is 36.4 Å². The maximum atomic E-state index is 12.7. The van der Waals surface area contributed by atoms with Crippen LogP contribution in [0.5, 0.6) is 11.5 Å². The van der Waals surface area contributed by atoms with Crippen molar-refractivity contribution in [3.05, 3.63) is 52.5 Å². The van der Waals surface area contributed by atoms with E-state index in [-0.39, 0.29) is 18.4 Å². The van der Waals surface area contributed by atoms with Gasteiger partial charge in [-0.05, 0) is 55.8 Å². The lowest BCUT2D eigenvalue weighted by Crippen LogP contribution is -2.43. The molecule has 2 amide bonds. The summed E-state index contributed by atoms with van der Waals surface area (Å²) in [6.07, 6.45) is 0. The lowest BCUT2D eigenvalue weighted by molar-refractivity contribution is -0.137. The Labute approximate surface area is 180 Å². The molecule has 7 nitrogen and oxygen atoms in total. The number of benzene rings is 2. The average molecular weight is 433 g/mol. The molecular formula is C22H25ClN2O5. The van der Waals surface area contributed by atoms with Gasteiger partial charge in [0, 0.05) is 29.4 Å². The van der Waals surface area contributed by atoms with Gasteiger partial charge in [-0.3, -0.25) is 9.59 Å². The zero-order valence-corrected chi connectivity index (χ0v) is 17.8. The number of carbonyl (C=O) groups excluding carboxylic acids is 2. The van der Waals surface area contributed by atoms with Crippen LogP contribution in [0.3, 0.4) is 0 Å². The Kier molecular flexibility index (Phi) is 7.54. The number of hydrogen-bond acceptors (Lipinski definition) is 5. The highest BCUT2D eigenvalue weighted by Crippen LogP contribution is 2.29. The van der Waals surface area contributed by atoms with Gasteiger partial charge in [-0.1, -0.05) is 11.6 Å². The molecule has 0 atom stereocenters. The summed E-state index contributed by atoms with van der Waals surface area (Å²) in [6.45, 7) is 6.19. The molecule has 0 bridgehead atoms. The van der Waals surface area contributed by atoms with E-state index >= 15 is 0 Å². The summed E-state index contributed by atoms with van der Waals surface area (Å²) in [5.41, 5.74) is 1.96. The standard InChI is InChI=1S/C22H25ClN2O5/c1-3-29-20-13-16(22(27)24-18-6-5-17(23)12-15(18)2)4-7-19(20)30-14-21(26)25-8-10-28-11-9-25/h4-7,12-13H,3,8-11,14H2,1-2H3,(H,24,27). The van der Waals surface area contributed by atoms with Crippen molar-refractivity contribution >= 4 is 29.1 Å². The van der Waals surface area contributed by atoms with Crippen LogP contribution in [0.1, 0.15) is 22.8 Å². The molecule has 3 rings (SSSR count). The maximum absolute atomic E-state index is 12.7. The van der Waals surface area contributed by atoms with E-state index in [1.165, 1.54) is 0 Å². The lowest BCUT2D eigenvalue weighted by atomic mass is 10.1. The first-order chi connectivity index (χ1) is 14.5. The number of ether oxygens (including phenoxy) is 3. The van der Waals surface area contributed by atoms with E-state index in [2.05, 4.69) is 5.32 Å². The van der Waals surface area contributed by atoms with Crippen molar-refractivity contribution in [2.24, 2.45) is 0 Å². The third-order valence-corrected chi connectivity index (χ3v) is 4.89. The van der Waals surface area contributed by atoms with Crippen LogP contribution in [0.4, 0.5) is 5.69 Å².